The van der Waals surface area contributed by atoms with Gasteiger partial charge in [0.05, 0.1) is 0 Å². The Labute approximate surface area is 124 Å². The number of nitrogen functional groups attached to an aromatic ring is 1. The third-order valence-electron chi connectivity index (χ3n) is 5.01. The smallest absolute Gasteiger partial charge is 0.115 e. The maximum absolute atomic E-state index is 9.85. The molecule has 1 saturated heterocycles. The van der Waals surface area contributed by atoms with E-state index in [0.29, 0.717) is 23.6 Å². The Bertz CT molecular complexity index is 683. The molecule has 4 N–H and O–H groups in total. The molecule has 0 bridgehead atoms. The third-order valence-corrected chi connectivity index (χ3v) is 5.01. The fraction of sp³-hybridized carbons (Fsp3) is 0.333. The lowest BCUT2D eigenvalue weighted by molar-refractivity contribution is 0.287. The van der Waals surface area contributed by atoms with E-state index in [4.69, 9.17) is 5.73 Å². The first-order chi connectivity index (χ1) is 10.3. The second-order valence-electron chi connectivity index (χ2n) is 6.16. The molecule has 0 spiro atoms. The molecule has 108 valence electrons. The van der Waals surface area contributed by atoms with Gasteiger partial charge in [0.2, 0.25) is 0 Å². The molecule has 1 fully saturated rings. The largest absolute Gasteiger partial charge is 0.508 e. The number of aromatic hydroxyl groups is 1. The van der Waals surface area contributed by atoms with Gasteiger partial charge in [-0.1, -0.05) is 24.3 Å². The van der Waals surface area contributed by atoms with Gasteiger partial charge < -0.3 is 16.2 Å². The molecule has 1 aliphatic carbocycles. The van der Waals surface area contributed by atoms with Crippen LogP contribution in [0.15, 0.2) is 42.5 Å². The first-order valence-electron chi connectivity index (χ1n) is 7.66. The molecule has 2 aromatic rings. The molecule has 2 aromatic carbocycles. The molecular weight excluding hydrogens is 260 g/mol. The summed E-state index contributed by atoms with van der Waals surface area (Å²) in [6.07, 6.45) is 2.40. The molecule has 4 rings (SSSR count). The summed E-state index contributed by atoms with van der Waals surface area (Å²) in [6.45, 7) is 1.05. The number of phenolic OH excluding ortho intramolecular Hbond substituents is 1. The highest BCUT2D eigenvalue weighted by Crippen LogP contribution is 2.53. The maximum Gasteiger partial charge on any atom is 0.115 e. The van der Waals surface area contributed by atoms with Crippen LogP contribution in [0.5, 0.6) is 5.75 Å². The molecule has 0 saturated carbocycles. The summed E-state index contributed by atoms with van der Waals surface area (Å²) >= 11 is 0. The van der Waals surface area contributed by atoms with Gasteiger partial charge in [-0.2, -0.15) is 0 Å². The topological polar surface area (TPSA) is 58.3 Å². The highest BCUT2D eigenvalue weighted by atomic mass is 16.3. The molecule has 3 nitrogen and oxygen atoms in total. The van der Waals surface area contributed by atoms with E-state index in [-0.39, 0.29) is 0 Å². The molecule has 3 heteroatoms. The SMILES string of the molecule is Nc1ccccc1C1c2ccc(O)cc2C2NCCCC21. The van der Waals surface area contributed by atoms with Gasteiger partial charge in [0.1, 0.15) is 5.75 Å². The number of fused-ring (bicyclic) bond motifs is 3. The van der Waals surface area contributed by atoms with Crippen LogP contribution in [0.3, 0.4) is 0 Å². The molecule has 21 heavy (non-hydrogen) atoms. The monoisotopic (exact) mass is 280 g/mol. The normalized spacial score (nSPS) is 27.1. The third kappa shape index (κ3) is 1.92. The molecule has 0 radical (unpaired) electrons. The number of piperidine rings is 1. The van der Waals surface area contributed by atoms with E-state index >= 15 is 0 Å². The van der Waals surface area contributed by atoms with Crippen LogP contribution < -0.4 is 11.1 Å². The quantitative estimate of drug-likeness (QED) is 0.703. The molecule has 3 atom stereocenters. The number of nitrogens with one attached hydrogen (secondary N) is 1. The highest BCUT2D eigenvalue weighted by molar-refractivity contribution is 5.57. The summed E-state index contributed by atoms with van der Waals surface area (Å²) in [5.74, 6) is 1.21. The van der Waals surface area contributed by atoms with Crippen molar-refractivity contribution in [2.24, 2.45) is 5.92 Å². The highest BCUT2D eigenvalue weighted by Gasteiger charge is 2.43. The predicted molar refractivity (Wildman–Crippen MR) is 84.3 cm³/mol. The van der Waals surface area contributed by atoms with Crippen LogP contribution in [0.2, 0.25) is 0 Å². The Balaban J connectivity index is 1.89. The van der Waals surface area contributed by atoms with E-state index in [1.54, 1.807) is 6.07 Å². The lowest BCUT2D eigenvalue weighted by atomic mass is 9.80. The number of phenols is 1. The first-order valence-corrected chi connectivity index (χ1v) is 7.66. The fourth-order valence-electron chi connectivity index (χ4n) is 4.15. The Morgan fingerprint density at radius 3 is 2.76 bits per heavy atom. The van der Waals surface area contributed by atoms with Gasteiger partial charge in [-0.05, 0) is 60.2 Å². The summed E-state index contributed by atoms with van der Waals surface area (Å²) in [7, 11) is 0. The van der Waals surface area contributed by atoms with Gasteiger partial charge in [0.25, 0.3) is 0 Å². The second-order valence-corrected chi connectivity index (χ2v) is 6.16. The average molecular weight is 280 g/mol. The fourth-order valence-corrected chi connectivity index (χ4v) is 4.15. The Morgan fingerprint density at radius 2 is 1.90 bits per heavy atom. The molecular formula is C18H20N2O. The summed E-state index contributed by atoms with van der Waals surface area (Å²) in [6, 6.07) is 14.3. The average Bonchev–Trinajstić information content (AvgIpc) is 2.82. The zero-order valence-electron chi connectivity index (χ0n) is 11.9. The number of rotatable bonds is 1. The van der Waals surface area contributed by atoms with E-state index in [1.165, 1.54) is 29.5 Å². The van der Waals surface area contributed by atoms with E-state index in [0.717, 1.165) is 12.2 Å². The van der Waals surface area contributed by atoms with Crippen LogP contribution in [0.25, 0.3) is 0 Å². The van der Waals surface area contributed by atoms with Crippen molar-refractivity contribution >= 4 is 5.69 Å². The molecule has 2 aliphatic rings. The van der Waals surface area contributed by atoms with Crippen molar-refractivity contribution in [3.8, 4) is 5.75 Å². The number of nitrogens with two attached hydrogens (primary N) is 1. The maximum atomic E-state index is 9.85. The zero-order valence-corrected chi connectivity index (χ0v) is 11.9. The van der Waals surface area contributed by atoms with E-state index in [1.807, 2.05) is 18.2 Å². The van der Waals surface area contributed by atoms with Gasteiger partial charge in [0, 0.05) is 17.6 Å². The van der Waals surface area contributed by atoms with E-state index in [9.17, 15) is 5.11 Å². The van der Waals surface area contributed by atoms with Gasteiger partial charge in [0.15, 0.2) is 0 Å². The van der Waals surface area contributed by atoms with Crippen LogP contribution in [0, 0.1) is 5.92 Å². The number of hydrogen-bond acceptors (Lipinski definition) is 3. The predicted octanol–water partition coefficient (Wildman–Crippen LogP) is 3.16. The van der Waals surface area contributed by atoms with Crippen LogP contribution in [-0.2, 0) is 0 Å². The molecule has 0 aromatic heterocycles. The summed E-state index contributed by atoms with van der Waals surface area (Å²) in [5, 5.41) is 13.5. The molecule has 1 heterocycles. The molecule has 3 unspecified atom stereocenters. The van der Waals surface area contributed by atoms with Crippen LogP contribution in [0.4, 0.5) is 5.69 Å². The van der Waals surface area contributed by atoms with Crippen molar-refractivity contribution in [2.75, 3.05) is 12.3 Å². The zero-order chi connectivity index (χ0) is 14.4. The lowest BCUT2D eigenvalue weighted by Gasteiger charge is -2.31. The van der Waals surface area contributed by atoms with Crippen molar-refractivity contribution in [2.45, 2.75) is 24.8 Å². The van der Waals surface area contributed by atoms with Crippen LogP contribution in [0.1, 0.15) is 41.5 Å². The summed E-state index contributed by atoms with van der Waals surface area (Å²) in [4.78, 5) is 0. The van der Waals surface area contributed by atoms with Gasteiger partial charge in [-0.15, -0.1) is 0 Å². The van der Waals surface area contributed by atoms with Crippen molar-refractivity contribution in [3.63, 3.8) is 0 Å². The minimum Gasteiger partial charge on any atom is -0.508 e. The number of benzene rings is 2. The van der Waals surface area contributed by atoms with E-state index < -0.39 is 0 Å². The number of anilines is 1. The van der Waals surface area contributed by atoms with Crippen molar-refractivity contribution in [1.29, 1.82) is 0 Å². The van der Waals surface area contributed by atoms with Crippen molar-refractivity contribution in [3.05, 3.63) is 59.2 Å². The van der Waals surface area contributed by atoms with Crippen LogP contribution in [-0.4, -0.2) is 11.7 Å². The standard InChI is InChI=1S/C18H20N2O/c19-16-6-2-1-4-13(16)17-12-8-7-11(21)10-15(12)18-14(17)5-3-9-20-18/h1-2,4,6-8,10,14,17-18,20-21H,3,5,9,19H2. The minimum atomic E-state index is 0.333. The van der Waals surface area contributed by atoms with Crippen molar-refractivity contribution < 1.29 is 5.11 Å². The first kappa shape index (κ1) is 12.7. The summed E-state index contributed by atoms with van der Waals surface area (Å²) in [5.41, 5.74) is 10.9. The second kappa shape index (κ2) is 4.78. The van der Waals surface area contributed by atoms with Gasteiger partial charge >= 0.3 is 0 Å². The van der Waals surface area contributed by atoms with E-state index in [2.05, 4.69) is 23.5 Å². The minimum absolute atomic E-state index is 0.333. The van der Waals surface area contributed by atoms with Gasteiger partial charge in [-0.25, -0.2) is 0 Å². The summed E-state index contributed by atoms with van der Waals surface area (Å²) < 4.78 is 0. The number of para-hydroxylation sites is 1. The Kier molecular flexibility index (Phi) is 2.89. The molecule has 1 aliphatic heterocycles. The van der Waals surface area contributed by atoms with Crippen molar-refractivity contribution in [1.82, 2.24) is 5.32 Å². The Hall–Kier alpha value is -2.00. The Morgan fingerprint density at radius 1 is 1.05 bits per heavy atom. The lowest BCUT2D eigenvalue weighted by Crippen LogP contribution is -2.33. The molecule has 0 amide bonds. The number of hydrogen-bond donors (Lipinski definition) is 3. The van der Waals surface area contributed by atoms with Gasteiger partial charge in [-0.3, -0.25) is 0 Å². The van der Waals surface area contributed by atoms with Crippen LogP contribution >= 0.6 is 0 Å².